The van der Waals surface area contributed by atoms with Crippen molar-refractivity contribution in [2.75, 3.05) is 13.1 Å². The van der Waals surface area contributed by atoms with Crippen molar-refractivity contribution in [2.45, 2.75) is 18.9 Å². The molecule has 0 saturated carbocycles. The van der Waals surface area contributed by atoms with Gasteiger partial charge in [0, 0.05) is 30.7 Å². The van der Waals surface area contributed by atoms with Crippen molar-refractivity contribution in [3.8, 4) is 5.75 Å². The Hall–Kier alpha value is -2.89. The number of carbonyl (C=O) groups is 1. The number of amides is 1. The lowest BCUT2D eigenvalue weighted by molar-refractivity contribution is -0.129. The summed E-state index contributed by atoms with van der Waals surface area (Å²) in [6.45, 7) is 1.22. The molecule has 1 aliphatic heterocycles. The molecule has 3 heterocycles. The number of likely N-dealkylation sites (tertiary alicyclic amines) is 1. The SMILES string of the molecule is O=C(Cc1c[nH]c2ncccc12)N1CCC(Oc2ccc(F)cc2)C1. The Kier molecular flexibility index (Phi) is 4.09. The van der Waals surface area contributed by atoms with E-state index in [-0.39, 0.29) is 17.8 Å². The van der Waals surface area contributed by atoms with Crippen LogP contribution in [0.15, 0.2) is 48.8 Å². The minimum atomic E-state index is -0.288. The second kappa shape index (κ2) is 6.55. The normalized spacial score (nSPS) is 17.2. The van der Waals surface area contributed by atoms with E-state index in [0.717, 1.165) is 23.0 Å². The molecule has 0 radical (unpaired) electrons. The largest absolute Gasteiger partial charge is 0.489 e. The van der Waals surface area contributed by atoms with Gasteiger partial charge in [0.15, 0.2) is 0 Å². The molecule has 1 aliphatic rings. The molecule has 0 aliphatic carbocycles. The zero-order valence-electron chi connectivity index (χ0n) is 13.6. The van der Waals surface area contributed by atoms with E-state index in [1.807, 2.05) is 23.2 Å². The van der Waals surface area contributed by atoms with Gasteiger partial charge in [0.1, 0.15) is 23.3 Å². The van der Waals surface area contributed by atoms with E-state index < -0.39 is 0 Å². The summed E-state index contributed by atoms with van der Waals surface area (Å²) in [5.74, 6) is 0.419. The summed E-state index contributed by atoms with van der Waals surface area (Å²) < 4.78 is 18.8. The van der Waals surface area contributed by atoms with E-state index >= 15 is 0 Å². The van der Waals surface area contributed by atoms with Gasteiger partial charge < -0.3 is 14.6 Å². The summed E-state index contributed by atoms with van der Waals surface area (Å²) in [7, 11) is 0. The summed E-state index contributed by atoms with van der Waals surface area (Å²) in [4.78, 5) is 21.7. The van der Waals surface area contributed by atoms with Gasteiger partial charge >= 0.3 is 0 Å². The number of carbonyl (C=O) groups excluding carboxylic acids is 1. The second-order valence-corrected chi connectivity index (χ2v) is 6.21. The Labute approximate surface area is 144 Å². The van der Waals surface area contributed by atoms with Crippen LogP contribution in [-0.2, 0) is 11.2 Å². The number of nitrogens with one attached hydrogen (secondary N) is 1. The number of rotatable bonds is 4. The van der Waals surface area contributed by atoms with Gasteiger partial charge in [0.25, 0.3) is 0 Å². The highest BCUT2D eigenvalue weighted by atomic mass is 19.1. The molecule has 1 atom stereocenters. The number of hydrogen-bond acceptors (Lipinski definition) is 3. The lowest BCUT2D eigenvalue weighted by Crippen LogP contribution is -2.32. The molecule has 1 saturated heterocycles. The number of ether oxygens (including phenoxy) is 1. The van der Waals surface area contributed by atoms with Crippen LogP contribution in [0.1, 0.15) is 12.0 Å². The number of benzene rings is 1. The van der Waals surface area contributed by atoms with E-state index in [1.54, 1.807) is 18.3 Å². The van der Waals surface area contributed by atoms with Crippen molar-refractivity contribution in [2.24, 2.45) is 0 Å². The van der Waals surface area contributed by atoms with E-state index in [9.17, 15) is 9.18 Å². The van der Waals surface area contributed by atoms with E-state index in [0.29, 0.717) is 25.3 Å². The minimum absolute atomic E-state index is 0.0564. The highest BCUT2D eigenvalue weighted by molar-refractivity contribution is 5.87. The molecule has 1 aromatic carbocycles. The van der Waals surface area contributed by atoms with Gasteiger partial charge in [-0.05, 0) is 42.0 Å². The number of aromatic nitrogens is 2. The van der Waals surface area contributed by atoms with Gasteiger partial charge in [-0.25, -0.2) is 9.37 Å². The Balaban J connectivity index is 1.38. The van der Waals surface area contributed by atoms with Crippen molar-refractivity contribution in [1.29, 1.82) is 0 Å². The number of fused-ring (bicyclic) bond motifs is 1. The first kappa shape index (κ1) is 15.6. The van der Waals surface area contributed by atoms with Gasteiger partial charge in [0.05, 0.1) is 13.0 Å². The Morgan fingerprint density at radius 2 is 2.16 bits per heavy atom. The number of halogens is 1. The van der Waals surface area contributed by atoms with Crippen LogP contribution >= 0.6 is 0 Å². The van der Waals surface area contributed by atoms with Crippen molar-refractivity contribution >= 4 is 16.9 Å². The summed E-state index contributed by atoms with van der Waals surface area (Å²) in [6.07, 6.45) is 4.63. The highest BCUT2D eigenvalue weighted by Crippen LogP contribution is 2.21. The van der Waals surface area contributed by atoms with Gasteiger partial charge in [-0.1, -0.05) is 0 Å². The van der Waals surface area contributed by atoms with Crippen LogP contribution < -0.4 is 4.74 Å². The fraction of sp³-hybridized carbons (Fsp3) is 0.263. The molecule has 1 amide bonds. The number of aromatic amines is 1. The van der Waals surface area contributed by atoms with E-state index in [4.69, 9.17) is 4.74 Å². The lowest BCUT2D eigenvalue weighted by atomic mass is 10.1. The van der Waals surface area contributed by atoms with Crippen LogP contribution in [-0.4, -0.2) is 40.0 Å². The molecule has 128 valence electrons. The first-order valence-corrected chi connectivity index (χ1v) is 8.30. The molecule has 1 N–H and O–H groups in total. The number of pyridine rings is 1. The third-order valence-electron chi connectivity index (χ3n) is 4.49. The molecular formula is C19H18FN3O2. The molecule has 3 aromatic rings. The number of hydrogen-bond donors (Lipinski definition) is 1. The molecule has 1 unspecified atom stereocenters. The van der Waals surface area contributed by atoms with Crippen LogP contribution in [0, 0.1) is 5.82 Å². The maximum Gasteiger partial charge on any atom is 0.227 e. The molecule has 25 heavy (non-hydrogen) atoms. The average Bonchev–Trinajstić information content (AvgIpc) is 3.25. The standard InChI is InChI=1S/C19H18FN3O2/c20-14-3-5-15(6-4-14)25-16-7-9-23(12-16)18(24)10-13-11-22-19-17(13)2-1-8-21-19/h1-6,8,11,16H,7,9-10,12H2,(H,21,22). The molecule has 0 bridgehead atoms. The van der Waals surface area contributed by atoms with Crippen LogP contribution in [0.5, 0.6) is 5.75 Å². The van der Waals surface area contributed by atoms with Crippen molar-refractivity contribution < 1.29 is 13.9 Å². The van der Waals surface area contributed by atoms with Crippen molar-refractivity contribution in [3.05, 3.63) is 60.2 Å². The first-order chi connectivity index (χ1) is 12.2. The predicted octanol–water partition coefficient (Wildman–Crippen LogP) is 2.92. The summed E-state index contributed by atoms with van der Waals surface area (Å²) >= 11 is 0. The predicted molar refractivity (Wildman–Crippen MR) is 91.8 cm³/mol. The fourth-order valence-corrected chi connectivity index (χ4v) is 3.19. The quantitative estimate of drug-likeness (QED) is 0.795. The Morgan fingerprint density at radius 1 is 1.32 bits per heavy atom. The van der Waals surface area contributed by atoms with Crippen molar-refractivity contribution in [1.82, 2.24) is 14.9 Å². The van der Waals surface area contributed by atoms with Gasteiger partial charge in [-0.2, -0.15) is 0 Å². The van der Waals surface area contributed by atoms with Crippen LogP contribution in [0.25, 0.3) is 11.0 Å². The van der Waals surface area contributed by atoms with Gasteiger partial charge in [0.2, 0.25) is 5.91 Å². The summed E-state index contributed by atoms with van der Waals surface area (Å²) in [6, 6.07) is 9.80. The van der Waals surface area contributed by atoms with Crippen molar-refractivity contribution in [3.63, 3.8) is 0 Å². The third kappa shape index (κ3) is 3.33. The van der Waals surface area contributed by atoms with Gasteiger partial charge in [-0.15, -0.1) is 0 Å². The second-order valence-electron chi connectivity index (χ2n) is 6.21. The molecule has 1 fully saturated rings. The molecule has 4 rings (SSSR count). The van der Waals surface area contributed by atoms with E-state index in [2.05, 4.69) is 9.97 Å². The first-order valence-electron chi connectivity index (χ1n) is 8.30. The average molecular weight is 339 g/mol. The van der Waals surface area contributed by atoms with Crippen LogP contribution in [0.2, 0.25) is 0 Å². The highest BCUT2D eigenvalue weighted by Gasteiger charge is 2.28. The number of H-pyrrole nitrogens is 1. The molecule has 2 aromatic heterocycles. The molecule has 0 spiro atoms. The third-order valence-corrected chi connectivity index (χ3v) is 4.49. The van der Waals surface area contributed by atoms with Crippen LogP contribution in [0.3, 0.4) is 0 Å². The number of nitrogens with zero attached hydrogens (tertiary/aromatic N) is 2. The van der Waals surface area contributed by atoms with Gasteiger partial charge in [-0.3, -0.25) is 4.79 Å². The van der Waals surface area contributed by atoms with E-state index in [1.165, 1.54) is 12.1 Å². The Bertz CT molecular complexity index is 891. The summed E-state index contributed by atoms with van der Waals surface area (Å²) in [5, 5.41) is 0.981. The maximum absolute atomic E-state index is 12.9. The monoisotopic (exact) mass is 339 g/mol. The Morgan fingerprint density at radius 3 is 3.00 bits per heavy atom. The zero-order chi connectivity index (χ0) is 17.2. The fourth-order valence-electron chi connectivity index (χ4n) is 3.19. The lowest BCUT2D eigenvalue weighted by Gasteiger charge is -2.17. The smallest absolute Gasteiger partial charge is 0.227 e. The summed E-state index contributed by atoms with van der Waals surface area (Å²) in [5.41, 5.74) is 1.75. The molecule has 6 heteroatoms. The molecular weight excluding hydrogens is 321 g/mol. The maximum atomic E-state index is 12.9. The minimum Gasteiger partial charge on any atom is -0.489 e. The topological polar surface area (TPSA) is 58.2 Å². The zero-order valence-corrected chi connectivity index (χ0v) is 13.6. The van der Waals surface area contributed by atoms with Crippen LogP contribution in [0.4, 0.5) is 4.39 Å². The molecule has 5 nitrogen and oxygen atoms in total.